The van der Waals surface area contributed by atoms with Crippen LogP contribution in [-0.4, -0.2) is 63.8 Å². The minimum Gasteiger partial charge on any atom is -0.508 e. The second kappa shape index (κ2) is 5.65. The van der Waals surface area contributed by atoms with E-state index in [2.05, 4.69) is 0 Å². The first-order valence-electron chi connectivity index (χ1n) is 8.83. The number of phenolic OH excluding ortho intramolecular Hbond substituents is 1. The number of aromatic hydroxyl groups is 1. The lowest BCUT2D eigenvalue weighted by Gasteiger charge is -2.38. The second-order valence-corrected chi connectivity index (χ2v) is 7.46. The van der Waals surface area contributed by atoms with Gasteiger partial charge in [0.15, 0.2) is 0 Å². The predicted molar refractivity (Wildman–Crippen MR) is 96.3 cm³/mol. The SMILES string of the molecule is Cc1c(C(=O)N2CCC[C@]3(CN(C)C(=O)O3)C2)c2cc(O)ccc2n1C. The highest BCUT2D eigenvalue weighted by Gasteiger charge is 2.47. The van der Waals surface area contributed by atoms with E-state index in [1.54, 1.807) is 29.0 Å². The molecule has 0 aliphatic carbocycles. The zero-order valence-electron chi connectivity index (χ0n) is 15.3. The van der Waals surface area contributed by atoms with Crippen molar-refractivity contribution in [3.63, 3.8) is 0 Å². The zero-order chi connectivity index (χ0) is 18.6. The number of hydrogen-bond acceptors (Lipinski definition) is 4. The molecule has 1 N–H and O–H groups in total. The number of likely N-dealkylation sites (N-methyl/N-ethyl adjacent to an activating group) is 1. The van der Waals surface area contributed by atoms with Crippen LogP contribution in [0.3, 0.4) is 0 Å². The number of nitrogens with zero attached hydrogens (tertiary/aromatic N) is 3. The highest BCUT2D eigenvalue weighted by atomic mass is 16.6. The van der Waals surface area contributed by atoms with Crippen LogP contribution in [0, 0.1) is 6.92 Å². The maximum atomic E-state index is 13.3. The summed E-state index contributed by atoms with van der Waals surface area (Å²) in [6, 6.07) is 5.08. The van der Waals surface area contributed by atoms with E-state index in [1.165, 1.54) is 0 Å². The van der Waals surface area contributed by atoms with Gasteiger partial charge >= 0.3 is 6.09 Å². The molecular formula is C19H23N3O4. The molecule has 0 saturated carbocycles. The van der Waals surface area contributed by atoms with Gasteiger partial charge in [-0.25, -0.2) is 4.79 Å². The van der Waals surface area contributed by atoms with E-state index in [-0.39, 0.29) is 17.7 Å². The Balaban J connectivity index is 1.70. The second-order valence-electron chi connectivity index (χ2n) is 7.46. The zero-order valence-corrected chi connectivity index (χ0v) is 15.3. The van der Waals surface area contributed by atoms with E-state index in [4.69, 9.17) is 4.74 Å². The van der Waals surface area contributed by atoms with Crippen molar-refractivity contribution in [3.05, 3.63) is 29.5 Å². The first-order valence-corrected chi connectivity index (χ1v) is 8.83. The molecule has 7 nitrogen and oxygen atoms in total. The first-order chi connectivity index (χ1) is 12.3. The summed E-state index contributed by atoms with van der Waals surface area (Å²) in [5, 5.41) is 10.6. The van der Waals surface area contributed by atoms with Gasteiger partial charge in [0.05, 0.1) is 18.7 Å². The van der Waals surface area contributed by atoms with E-state index in [0.717, 1.165) is 29.4 Å². The molecule has 2 aliphatic rings. The van der Waals surface area contributed by atoms with Gasteiger partial charge in [-0.05, 0) is 38.0 Å². The van der Waals surface area contributed by atoms with Gasteiger partial charge in [-0.3, -0.25) is 4.79 Å². The lowest BCUT2D eigenvalue weighted by Crippen LogP contribution is -2.52. The van der Waals surface area contributed by atoms with Crippen LogP contribution < -0.4 is 0 Å². The fourth-order valence-electron chi connectivity index (χ4n) is 4.26. The largest absolute Gasteiger partial charge is 0.508 e. The summed E-state index contributed by atoms with van der Waals surface area (Å²) in [6.07, 6.45) is 1.23. The quantitative estimate of drug-likeness (QED) is 0.849. The molecule has 1 atom stereocenters. The van der Waals surface area contributed by atoms with Crippen molar-refractivity contribution in [2.24, 2.45) is 7.05 Å². The van der Waals surface area contributed by atoms with Crippen LogP contribution in [0.2, 0.25) is 0 Å². The van der Waals surface area contributed by atoms with Crippen LogP contribution >= 0.6 is 0 Å². The molecule has 26 heavy (non-hydrogen) atoms. The summed E-state index contributed by atoms with van der Waals surface area (Å²) >= 11 is 0. The summed E-state index contributed by atoms with van der Waals surface area (Å²) in [5.41, 5.74) is 1.76. The van der Waals surface area contributed by atoms with Crippen molar-refractivity contribution in [2.45, 2.75) is 25.4 Å². The summed E-state index contributed by atoms with van der Waals surface area (Å²) in [5.74, 6) is 0.0574. The van der Waals surface area contributed by atoms with Gasteiger partial charge in [0, 0.05) is 37.2 Å². The molecule has 1 spiro atoms. The van der Waals surface area contributed by atoms with Crippen molar-refractivity contribution >= 4 is 22.9 Å². The predicted octanol–water partition coefficient (Wildman–Crippen LogP) is 2.25. The molecule has 2 fully saturated rings. The first kappa shape index (κ1) is 16.8. The molecule has 2 aliphatic heterocycles. The summed E-state index contributed by atoms with van der Waals surface area (Å²) in [6.45, 7) is 3.45. The fourth-order valence-corrected chi connectivity index (χ4v) is 4.26. The Morgan fingerprint density at radius 2 is 2.04 bits per heavy atom. The Bertz CT molecular complexity index is 919. The number of fused-ring (bicyclic) bond motifs is 1. The van der Waals surface area contributed by atoms with Crippen LogP contribution in [0.25, 0.3) is 10.9 Å². The number of hydrogen-bond donors (Lipinski definition) is 1. The average Bonchev–Trinajstić information content (AvgIpc) is 3.00. The Morgan fingerprint density at radius 1 is 1.27 bits per heavy atom. The maximum absolute atomic E-state index is 13.3. The molecule has 7 heteroatoms. The maximum Gasteiger partial charge on any atom is 0.410 e. The van der Waals surface area contributed by atoms with Crippen molar-refractivity contribution < 1.29 is 19.4 Å². The number of aromatic nitrogens is 1. The highest BCUT2D eigenvalue weighted by Crippen LogP contribution is 2.34. The number of piperidine rings is 1. The summed E-state index contributed by atoms with van der Waals surface area (Å²) < 4.78 is 7.57. The Labute approximate surface area is 151 Å². The van der Waals surface area contributed by atoms with Crippen LogP contribution in [-0.2, 0) is 11.8 Å². The number of likely N-dealkylation sites (tertiary alicyclic amines) is 1. The van der Waals surface area contributed by atoms with Crippen molar-refractivity contribution in [2.75, 3.05) is 26.7 Å². The van der Waals surface area contributed by atoms with E-state index in [0.29, 0.717) is 25.2 Å². The standard InChI is InChI=1S/C19H23N3O4/c1-12-16(14-9-13(23)5-6-15(14)21(12)3)17(24)22-8-4-7-19(11-22)10-20(2)18(25)26-19/h5-6,9,23H,4,7-8,10-11H2,1-3H3/t19-/m0/s1. The number of amides is 2. The molecule has 2 amide bonds. The van der Waals surface area contributed by atoms with E-state index in [1.807, 2.05) is 24.6 Å². The van der Waals surface area contributed by atoms with Gasteiger partial charge in [-0.1, -0.05) is 0 Å². The van der Waals surface area contributed by atoms with Crippen LogP contribution in [0.15, 0.2) is 18.2 Å². The summed E-state index contributed by atoms with van der Waals surface area (Å²) in [4.78, 5) is 28.5. The molecule has 138 valence electrons. The van der Waals surface area contributed by atoms with Gasteiger partial charge in [0.2, 0.25) is 0 Å². The van der Waals surface area contributed by atoms with Gasteiger partial charge in [-0.15, -0.1) is 0 Å². The smallest absolute Gasteiger partial charge is 0.410 e. The van der Waals surface area contributed by atoms with Crippen LogP contribution in [0.5, 0.6) is 5.75 Å². The number of ether oxygens (including phenoxy) is 1. The lowest BCUT2D eigenvalue weighted by atomic mass is 9.92. The van der Waals surface area contributed by atoms with Gasteiger partial charge < -0.3 is 24.2 Å². The van der Waals surface area contributed by atoms with Crippen molar-refractivity contribution in [3.8, 4) is 5.75 Å². The molecule has 0 bridgehead atoms. The monoisotopic (exact) mass is 357 g/mol. The van der Waals surface area contributed by atoms with Gasteiger partial charge in [0.1, 0.15) is 11.4 Å². The third-order valence-electron chi connectivity index (χ3n) is 5.66. The topological polar surface area (TPSA) is 75.0 Å². The molecular weight excluding hydrogens is 334 g/mol. The molecule has 3 heterocycles. The molecule has 0 unspecified atom stereocenters. The van der Waals surface area contributed by atoms with Gasteiger partial charge in [0.25, 0.3) is 5.91 Å². The van der Waals surface area contributed by atoms with Crippen LogP contribution in [0.1, 0.15) is 28.9 Å². The molecule has 1 aromatic carbocycles. The molecule has 2 saturated heterocycles. The Morgan fingerprint density at radius 3 is 2.73 bits per heavy atom. The number of benzene rings is 1. The van der Waals surface area contributed by atoms with Crippen molar-refractivity contribution in [1.29, 1.82) is 0 Å². The molecule has 2 aromatic rings. The Kier molecular flexibility index (Phi) is 3.64. The van der Waals surface area contributed by atoms with E-state index < -0.39 is 5.60 Å². The normalized spacial score (nSPS) is 23.1. The lowest BCUT2D eigenvalue weighted by molar-refractivity contribution is -0.00518. The number of aryl methyl sites for hydroxylation is 1. The Hall–Kier alpha value is -2.70. The minimum absolute atomic E-state index is 0.0802. The van der Waals surface area contributed by atoms with Gasteiger partial charge in [-0.2, -0.15) is 0 Å². The number of rotatable bonds is 1. The van der Waals surface area contributed by atoms with Crippen molar-refractivity contribution in [1.82, 2.24) is 14.4 Å². The van der Waals surface area contributed by atoms with E-state index in [9.17, 15) is 14.7 Å². The minimum atomic E-state index is -0.611. The molecule has 1 aromatic heterocycles. The highest BCUT2D eigenvalue weighted by molar-refractivity contribution is 6.08. The average molecular weight is 357 g/mol. The number of carbonyl (C=O) groups is 2. The molecule has 0 radical (unpaired) electrons. The number of carbonyl (C=O) groups excluding carboxylic acids is 2. The third kappa shape index (κ3) is 2.41. The fraction of sp³-hybridized carbons (Fsp3) is 0.474. The van der Waals surface area contributed by atoms with E-state index >= 15 is 0 Å². The summed E-state index contributed by atoms with van der Waals surface area (Å²) in [7, 11) is 3.63. The molecule has 4 rings (SSSR count). The third-order valence-corrected chi connectivity index (χ3v) is 5.66. The number of phenols is 1. The van der Waals surface area contributed by atoms with Crippen LogP contribution in [0.4, 0.5) is 4.79 Å².